The summed E-state index contributed by atoms with van der Waals surface area (Å²) >= 11 is 0. The fourth-order valence-electron chi connectivity index (χ4n) is 2.71. The van der Waals surface area contributed by atoms with Crippen LogP contribution in [-0.4, -0.2) is 52.1 Å². The minimum Gasteiger partial charge on any atom is -0.466 e. The number of benzene rings is 1. The maximum atomic E-state index is 12.3. The number of aryl methyl sites for hydroxylation is 1. The Morgan fingerprint density at radius 2 is 1.89 bits per heavy atom. The highest BCUT2D eigenvalue weighted by Crippen LogP contribution is 2.27. The lowest BCUT2D eigenvalue weighted by molar-refractivity contribution is -0.143. The maximum Gasteiger partial charge on any atom is 0.355 e. The van der Waals surface area contributed by atoms with Crippen LogP contribution in [0.3, 0.4) is 0 Å². The largest absolute Gasteiger partial charge is 0.466 e. The quantitative estimate of drug-likeness (QED) is 0.522. The van der Waals surface area contributed by atoms with Crippen molar-refractivity contribution in [3.05, 3.63) is 41.1 Å². The number of carbonyl (C=O) groups is 3. The molecule has 1 aromatic carbocycles. The van der Waals surface area contributed by atoms with Crippen LogP contribution in [0, 0.1) is 0 Å². The van der Waals surface area contributed by atoms with Gasteiger partial charge in [0.05, 0.1) is 33.0 Å². The van der Waals surface area contributed by atoms with Crippen LogP contribution in [0.4, 0.5) is 5.69 Å². The number of nitrogens with zero attached hydrogens (tertiary/aromatic N) is 1. The van der Waals surface area contributed by atoms with Crippen LogP contribution < -0.4 is 4.90 Å². The molecule has 0 atom stereocenters. The van der Waals surface area contributed by atoms with E-state index in [1.807, 2.05) is 12.1 Å². The van der Waals surface area contributed by atoms with Crippen molar-refractivity contribution in [2.24, 2.45) is 0 Å². The standard InChI is InChI=1S/C19H23NO7/c1-4-27-16(21)9-8-13-6-5-7-14(10-13)20-12-26-11-15(18(22)24-2)17(20)19(23)25-3/h5-7,10H,4,8-9,11-12H2,1-3H3. The highest BCUT2D eigenvalue weighted by molar-refractivity contribution is 6.03. The van der Waals surface area contributed by atoms with Gasteiger partial charge in [-0.05, 0) is 31.0 Å². The van der Waals surface area contributed by atoms with Crippen LogP contribution in [0.25, 0.3) is 0 Å². The van der Waals surface area contributed by atoms with Gasteiger partial charge in [-0.25, -0.2) is 9.59 Å². The molecule has 0 aromatic heterocycles. The van der Waals surface area contributed by atoms with Crippen LogP contribution in [0.15, 0.2) is 35.5 Å². The Morgan fingerprint density at radius 3 is 2.56 bits per heavy atom. The first-order valence-corrected chi connectivity index (χ1v) is 8.51. The molecule has 0 spiro atoms. The summed E-state index contributed by atoms with van der Waals surface area (Å²) in [7, 11) is 2.48. The molecule has 0 N–H and O–H groups in total. The van der Waals surface area contributed by atoms with Crippen LogP contribution in [0.5, 0.6) is 0 Å². The topological polar surface area (TPSA) is 91.4 Å². The predicted molar refractivity (Wildman–Crippen MR) is 95.8 cm³/mol. The van der Waals surface area contributed by atoms with Crippen molar-refractivity contribution in [2.45, 2.75) is 19.8 Å². The van der Waals surface area contributed by atoms with E-state index in [0.29, 0.717) is 18.7 Å². The molecule has 2 rings (SSSR count). The van der Waals surface area contributed by atoms with Gasteiger partial charge in [0.2, 0.25) is 0 Å². The summed E-state index contributed by atoms with van der Waals surface area (Å²) in [6.45, 7) is 2.13. The van der Waals surface area contributed by atoms with Crippen LogP contribution in [0.1, 0.15) is 18.9 Å². The number of hydrogen-bond donors (Lipinski definition) is 0. The summed E-state index contributed by atoms with van der Waals surface area (Å²) in [5, 5.41) is 0. The fourth-order valence-corrected chi connectivity index (χ4v) is 2.71. The summed E-state index contributed by atoms with van der Waals surface area (Å²) in [5.74, 6) is -1.58. The van der Waals surface area contributed by atoms with E-state index < -0.39 is 11.9 Å². The lowest BCUT2D eigenvalue weighted by atomic mass is 10.1. The molecular weight excluding hydrogens is 354 g/mol. The molecule has 8 heteroatoms. The van der Waals surface area contributed by atoms with Gasteiger partial charge in [-0.2, -0.15) is 0 Å². The van der Waals surface area contributed by atoms with Gasteiger partial charge in [-0.1, -0.05) is 12.1 Å². The minimum atomic E-state index is -0.657. The molecule has 0 radical (unpaired) electrons. The molecule has 8 nitrogen and oxygen atoms in total. The van der Waals surface area contributed by atoms with Gasteiger partial charge >= 0.3 is 17.9 Å². The van der Waals surface area contributed by atoms with Crippen LogP contribution >= 0.6 is 0 Å². The third kappa shape index (κ3) is 5.07. The second-order valence-electron chi connectivity index (χ2n) is 5.69. The summed E-state index contributed by atoms with van der Waals surface area (Å²) in [4.78, 5) is 37.5. The third-order valence-corrected chi connectivity index (χ3v) is 3.98. The molecule has 1 aromatic rings. The number of esters is 3. The Morgan fingerprint density at radius 1 is 1.15 bits per heavy atom. The first-order chi connectivity index (χ1) is 13.0. The van der Waals surface area contributed by atoms with E-state index in [2.05, 4.69) is 0 Å². The second kappa shape index (κ2) is 9.72. The van der Waals surface area contributed by atoms with Crippen molar-refractivity contribution in [3.63, 3.8) is 0 Å². The zero-order valence-corrected chi connectivity index (χ0v) is 15.6. The van der Waals surface area contributed by atoms with E-state index in [1.165, 1.54) is 14.2 Å². The molecule has 0 aliphatic carbocycles. The van der Waals surface area contributed by atoms with E-state index in [4.69, 9.17) is 18.9 Å². The number of anilines is 1. The first-order valence-electron chi connectivity index (χ1n) is 8.51. The average Bonchev–Trinajstić information content (AvgIpc) is 2.71. The first kappa shape index (κ1) is 20.4. The lowest BCUT2D eigenvalue weighted by Crippen LogP contribution is -2.38. The van der Waals surface area contributed by atoms with Crippen molar-refractivity contribution < 1.29 is 33.3 Å². The normalized spacial score (nSPS) is 14.0. The predicted octanol–water partition coefficient (Wildman–Crippen LogP) is 1.58. The highest BCUT2D eigenvalue weighted by Gasteiger charge is 2.32. The Hall–Kier alpha value is -2.87. The summed E-state index contributed by atoms with van der Waals surface area (Å²) in [5.41, 5.74) is 1.69. The summed E-state index contributed by atoms with van der Waals surface area (Å²) < 4.78 is 20.0. The number of hydrogen-bond acceptors (Lipinski definition) is 8. The van der Waals surface area contributed by atoms with Crippen LogP contribution in [0.2, 0.25) is 0 Å². The smallest absolute Gasteiger partial charge is 0.355 e. The van der Waals surface area contributed by atoms with E-state index >= 15 is 0 Å². The number of rotatable bonds is 7. The minimum absolute atomic E-state index is 0.0455. The molecule has 0 fully saturated rings. The average molecular weight is 377 g/mol. The molecule has 1 heterocycles. The molecule has 0 saturated carbocycles. The Bertz CT molecular complexity index is 741. The van der Waals surface area contributed by atoms with Gasteiger partial charge in [0, 0.05) is 12.1 Å². The monoisotopic (exact) mass is 377 g/mol. The second-order valence-corrected chi connectivity index (χ2v) is 5.69. The van der Waals surface area contributed by atoms with Gasteiger partial charge in [0.25, 0.3) is 0 Å². The lowest BCUT2D eigenvalue weighted by Gasteiger charge is -2.31. The van der Waals surface area contributed by atoms with E-state index in [9.17, 15) is 14.4 Å². The molecule has 1 aliphatic rings. The van der Waals surface area contributed by atoms with Gasteiger partial charge in [-0.3, -0.25) is 4.79 Å². The molecule has 0 saturated heterocycles. The third-order valence-electron chi connectivity index (χ3n) is 3.98. The molecule has 1 aliphatic heterocycles. The van der Waals surface area contributed by atoms with Gasteiger partial charge in [0.1, 0.15) is 12.4 Å². The Labute approximate surface area is 157 Å². The van der Waals surface area contributed by atoms with Crippen molar-refractivity contribution in [1.82, 2.24) is 0 Å². The van der Waals surface area contributed by atoms with E-state index in [0.717, 1.165) is 5.56 Å². The zero-order valence-electron chi connectivity index (χ0n) is 15.6. The van der Waals surface area contributed by atoms with Crippen molar-refractivity contribution in [1.29, 1.82) is 0 Å². The van der Waals surface area contributed by atoms with E-state index in [1.54, 1.807) is 24.0 Å². The summed E-state index contributed by atoms with van der Waals surface area (Å²) in [6, 6.07) is 7.28. The molecule has 146 valence electrons. The van der Waals surface area contributed by atoms with Crippen molar-refractivity contribution in [3.8, 4) is 0 Å². The van der Waals surface area contributed by atoms with Crippen LogP contribution in [-0.2, 0) is 39.8 Å². The molecule has 0 amide bonds. The molecule has 0 bridgehead atoms. The maximum absolute atomic E-state index is 12.3. The van der Waals surface area contributed by atoms with Gasteiger partial charge < -0.3 is 23.8 Å². The SMILES string of the molecule is CCOC(=O)CCc1cccc(N2COCC(C(=O)OC)=C2C(=O)OC)c1. The number of carbonyl (C=O) groups excluding carboxylic acids is 3. The zero-order chi connectivity index (χ0) is 19.8. The molecular formula is C19H23NO7. The van der Waals surface area contributed by atoms with Crippen molar-refractivity contribution >= 4 is 23.6 Å². The highest BCUT2D eigenvalue weighted by atomic mass is 16.5. The Balaban J connectivity index is 2.32. The van der Waals surface area contributed by atoms with Gasteiger partial charge in [-0.15, -0.1) is 0 Å². The summed E-state index contributed by atoms with van der Waals surface area (Å²) in [6.07, 6.45) is 0.739. The number of ether oxygens (including phenoxy) is 4. The van der Waals surface area contributed by atoms with Crippen molar-refractivity contribution in [2.75, 3.05) is 39.1 Å². The van der Waals surface area contributed by atoms with E-state index in [-0.39, 0.29) is 37.0 Å². The van der Waals surface area contributed by atoms with Gasteiger partial charge in [0.15, 0.2) is 0 Å². The number of methoxy groups -OCH3 is 2. The Kier molecular flexibility index (Phi) is 7.36. The fraction of sp³-hybridized carbons (Fsp3) is 0.421. The molecule has 0 unspecified atom stereocenters. The molecule has 27 heavy (non-hydrogen) atoms.